The first kappa shape index (κ1) is 19.2. The van der Waals surface area contributed by atoms with Gasteiger partial charge in [0.15, 0.2) is 0 Å². The fourth-order valence-electron chi connectivity index (χ4n) is 3.40. The van der Waals surface area contributed by atoms with Gasteiger partial charge in [-0.1, -0.05) is 0 Å². The van der Waals surface area contributed by atoms with Crippen LogP contribution in [0.4, 0.5) is 0 Å². The number of carbonyl (C=O) groups is 2. The molecule has 6 nitrogen and oxygen atoms in total. The Balaban J connectivity index is 1.64. The Morgan fingerprint density at radius 3 is 2.08 bits per heavy atom. The molecule has 138 valence electrons. The van der Waals surface area contributed by atoms with Crippen molar-refractivity contribution < 1.29 is 14.3 Å². The van der Waals surface area contributed by atoms with Crippen LogP contribution in [0.3, 0.4) is 0 Å². The molecular weight excluding hydrogens is 306 g/mol. The van der Waals surface area contributed by atoms with Crippen LogP contribution in [0.15, 0.2) is 0 Å². The summed E-state index contributed by atoms with van der Waals surface area (Å²) in [7, 11) is 0. The van der Waals surface area contributed by atoms with Gasteiger partial charge >= 0.3 is 0 Å². The molecule has 0 aromatic heterocycles. The zero-order chi connectivity index (χ0) is 17.6. The van der Waals surface area contributed by atoms with Crippen molar-refractivity contribution in [2.75, 3.05) is 39.4 Å². The molecule has 0 unspecified atom stereocenters. The molecule has 1 aliphatic carbocycles. The molecule has 24 heavy (non-hydrogen) atoms. The molecule has 0 aromatic rings. The van der Waals surface area contributed by atoms with Gasteiger partial charge in [0.2, 0.25) is 11.8 Å². The summed E-state index contributed by atoms with van der Waals surface area (Å²) in [5.74, 6) is 0.404. The lowest BCUT2D eigenvalue weighted by Gasteiger charge is -2.30. The number of carbonyl (C=O) groups excluding carboxylic acids is 2. The lowest BCUT2D eigenvalue weighted by atomic mass is 9.81. The Morgan fingerprint density at radius 1 is 1.00 bits per heavy atom. The summed E-state index contributed by atoms with van der Waals surface area (Å²) in [5, 5.41) is 6.11. The van der Waals surface area contributed by atoms with Gasteiger partial charge in [-0.25, -0.2) is 0 Å². The van der Waals surface area contributed by atoms with Crippen LogP contribution in [0.1, 0.15) is 46.5 Å². The van der Waals surface area contributed by atoms with Crippen molar-refractivity contribution in [3.8, 4) is 0 Å². The summed E-state index contributed by atoms with van der Waals surface area (Å²) in [6.45, 7) is 11.0. The number of rotatable bonds is 5. The van der Waals surface area contributed by atoms with Crippen molar-refractivity contribution in [2.24, 2.45) is 11.8 Å². The van der Waals surface area contributed by atoms with Gasteiger partial charge in [0, 0.05) is 43.6 Å². The van der Waals surface area contributed by atoms with Gasteiger partial charge < -0.3 is 15.4 Å². The molecule has 1 saturated heterocycles. The molecule has 6 heteroatoms. The molecule has 2 fully saturated rings. The topological polar surface area (TPSA) is 70.7 Å². The highest BCUT2D eigenvalue weighted by Crippen LogP contribution is 2.29. The van der Waals surface area contributed by atoms with E-state index in [-0.39, 0.29) is 29.2 Å². The normalized spacial score (nSPS) is 26.0. The van der Waals surface area contributed by atoms with Crippen molar-refractivity contribution in [1.29, 1.82) is 0 Å². The quantitative estimate of drug-likeness (QED) is 0.788. The summed E-state index contributed by atoms with van der Waals surface area (Å²) < 4.78 is 5.32. The minimum Gasteiger partial charge on any atom is -0.379 e. The first-order valence-electron chi connectivity index (χ1n) is 9.25. The predicted octanol–water partition coefficient (Wildman–Crippen LogP) is 1.16. The lowest BCUT2D eigenvalue weighted by Crippen LogP contribution is -2.45. The maximum absolute atomic E-state index is 12.3. The summed E-state index contributed by atoms with van der Waals surface area (Å²) >= 11 is 0. The van der Waals surface area contributed by atoms with E-state index in [1.165, 1.54) is 0 Å². The van der Waals surface area contributed by atoms with Gasteiger partial charge in [-0.3, -0.25) is 14.5 Å². The number of nitrogens with zero attached hydrogens (tertiary/aromatic N) is 1. The van der Waals surface area contributed by atoms with Crippen LogP contribution in [0, 0.1) is 11.8 Å². The standard InChI is InChI=1S/C18H33N3O3/c1-18(2,3)20-17(23)15-6-4-14(5-7-15)16(22)19-8-9-21-10-12-24-13-11-21/h14-15H,4-13H2,1-3H3,(H,19,22)(H,20,23). The highest BCUT2D eigenvalue weighted by atomic mass is 16.5. The predicted molar refractivity (Wildman–Crippen MR) is 93.6 cm³/mol. The molecule has 0 radical (unpaired) electrons. The van der Waals surface area contributed by atoms with E-state index in [2.05, 4.69) is 15.5 Å². The largest absolute Gasteiger partial charge is 0.379 e. The number of morpholine rings is 1. The molecular formula is C18H33N3O3. The smallest absolute Gasteiger partial charge is 0.223 e. The van der Waals surface area contributed by atoms with Gasteiger partial charge in [-0.2, -0.15) is 0 Å². The van der Waals surface area contributed by atoms with E-state index in [4.69, 9.17) is 4.74 Å². The Hall–Kier alpha value is -1.14. The fraction of sp³-hybridized carbons (Fsp3) is 0.889. The summed E-state index contributed by atoms with van der Waals surface area (Å²) in [5.41, 5.74) is -0.190. The van der Waals surface area contributed by atoms with E-state index in [9.17, 15) is 9.59 Å². The van der Waals surface area contributed by atoms with Gasteiger partial charge in [0.05, 0.1) is 13.2 Å². The third-order valence-electron chi connectivity index (χ3n) is 4.80. The zero-order valence-corrected chi connectivity index (χ0v) is 15.4. The highest BCUT2D eigenvalue weighted by Gasteiger charge is 2.31. The van der Waals surface area contributed by atoms with Gasteiger partial charge in [0.1, 0.15) is 0 Å². The molecule has 2 rings (SSSR count). The molecule has 1 heterocycles. The molecule has 2 N–H and O–H groups in total. The molecule has 0 bridgehead atoms. The van der Waals surface area contributed by atoms with E-state index in [0.29, 0.717) is 6.54 Å². The van der Waals surface area contributed by atoms with Crippen LogP contribution >= 0.6 is 0 Å². The second-order valence-corrected chi connectivity index (χ2v) is 8.03. The third-order valence-corrected chi connectivity index (χ3v) is 4.80. The van der Waals surface area contributed by atoms with E-state index in [1.807, 2.05) is 20.8 Å². The first-order valence-corrected chi connectivity index (χ1v) is 9.25. The molecule has 0 spiro atoms. The van der Waals surface area contributed by atoms with Crippen LogP contribution in [0.5, 0.6) is 0 Å². The maximum atomic E-state index is 12.3. The Morgan fingerprint density at radius 2 is 1.54 bits per heavy atom. The van der Waals surface area contributed by atoms with Crippen LogP contribution < -0.4 is 10.6 Å². The number of hydrogen-bond donors (Lipinski definition) is 2. The summed E-state index contributed by atoms with van der Waals surface area (Å²) in [6.07, 6.45) is 3.24. The Bertz CT molecular complexity index is 420. The average molecular weight is 339 g/mol. The molecule has 0 aromatic carbocycles. The SMILES string of the molecule is CC(C)(C)NC(=O)C1CCC(C(=O)NCCN2CCOCC2)CC1. The molecule has 1 saturated carbocycles. The fourth-order valence-corrected chi connectivity index (χ4v) is 3.40. The van der Waals surface area contributed by atoms with Crippen LogP contribution in [-0.4, -0.2) is 61.6 Å². The van der Waals surface area contributed by atoms with E-state index >= 15 is 0 Å². The molecule has 0 atom stereocenters. The van der Waals surface area contributed by atoms with E-state index < -0.39 is 0 Å². The monoisotopic (exact) mass is 339 g/mol. The number of ether oxygens (including phenoxy) is 1. The molecule has 2 aliphatic rings. The van der Waals surface area contributed by atoms with E-state index in [0.717, 1.165) is 58.5 Å². The summed E-state index contributed by atoms with van der Waals surface area (Å²) in [6, 6.07) is 0. The second-order valence-electron chi connectivity index (χ2n) is 8.03. The van der Waals surface area contributed by atoms with Crippen LogP contribution in [0.25, 0.3) is 0 Å². The van der Waals surface area contributed by atoms with Gasteiger partial charge in [-0.15, -0.1) is 0 Å². The number of hydrogen-bond acceptors (Lipinski definition) is 4. The minimum absolute atomic E-state index is 0.0571. The maximum Gasteiger partial charge on any atom is 0.223 e. The van der Waals surface area contributed by atoms with Crippen molar-refractivity contribution in [3.05, 3.63) is 0 Å². The minimum atomic E-state index is -0.190. The average Bonchev–Trinajstić information content (AvgIpc) is 2.54. The van der Waals surface area contributed by atoms with Crippen molar-refractivity contribution in [1.82, 2.24) is 15.5 Å². The van der Waals surface area contributed by atoms with Crippen LogP contribution in [0.2, 0.25) is 0 Å². The summed E-state index contributed by atoms with van der Waals surface area (Å²) in [4.78, 5) is 26.8. The molecule has 1 aliphatic heterocycles. The zero-order valence-electron chi connectivity index (χ0n) is 15.4. The Labute approximate surface area is 145 Å². The van der Waals surface area contributed by atoms with E-state index in [1.54, 1.807) is 0 Å². The van der Waals surface area contributed by atoms with Crippen molar-refractivity contribution in [2.45, 2.75) is 52.0 Å². The Kier molecular flexibility index (Phi) is 7.04. The van der Waals surface area contributed by atoms with Gasteiger partial charge in [-0.05, 0) is 46.5 Å². The van der Waals surface area contributed by atoms with Crippen molar-refractivity contribution in [3.63, 3.8) is 0 Å². The third kappa shape index (κ3) is 6.40. The number of nitrogens with one attached hydrogen (secondary N) is 2. The highest BCUT2D eigenvalue weighted by molar-refractivity contribution is 5.81. The van der Waals surface area contributed by atoms with Crippen molar-refractivity contribution >= 4 is 11.8 Å². The molecule has 2 amide bonds. The first-order chi connectivity index (χ1) is 11.3. The lowest BCUT2D eigenvalue weighted by molar-refractivity contribution is -0.131. The number of amides is 2. The van der Waals surface area contributed by atoms with Gasteiger partial charge in [0.25, 0.3) is 0 Å². The van der Waals surface area contributed by atoms with Crippen LogP contribution in [-0.2, 0) is 14.3 Å². The second kappa shape index (κ2) is 8.81.